The Morgan fingerprint density at radius 1 is 0.978 bits per heavy atom. The Labute approximate surface area is 267 Å². The van der Waals surface area contributed by atoms with Crippen molar-refractivity contribution >= 4 is 32.9 Å². The minimum Gasteiger partial charge on any atom is -0.768 e. The standard InChI is InChI=1S/C31H38N4O8S2/c1-21-19-32-23(22(2)29(21)40-4)20-44(36)31-33-28-25(9-10-27(39-3)30(28)45(37)38)35(31)24-7-5-6-8-26(24)43-18-17-42-16-13-34-11-14-41-15-12-34/h5-10,19H,11-18,20H2,1-4H3,(H,37,38)/p-1. The minimum absolute atomic E-state index is 0.0265. The van der Waals surface area contributed by atoms with E-state index in [9.17, 15) is 13.0 Å². The predicted molar refractivity (Wildman–Crippen MR) is 169 cm³/mol. The zero-order valence-corrected chi connectivity index (χ0v) is 27.4. The van der Waals surface area contributed by atoms with Gasteiger partial charge in [-0.15, -0.1) is 0 Å². The van der Waals surface area contributed by atoms with Gasteiger partial charge in [0.25, 0.3) is 0 Å². The van der Waals surface area contributed by atoms with Crippen LogP contribution in [0.5, 0.6) is 17.2 Å². The van der Waals surface area contributed by atoms with E-state index in [0.29, 0.717) is 41.6 Å². The number of aryl methyl sites for hydroxylation is 1. The Morgan fingerprint density at radius 3 is 2.49 bits per heavy atom. The molecule has 0 radical (unpaired) electrons. The van der Waals surface area contributed by atoms with Gasteiger partial charge in [0, 0.05) is 37.0 Å². The quantitative estimate of drug-likeness (QED) is 0.146. The predicted octanol–water partition coefficient (Wildman–Crippen LogP) is 3.33. The first kappa shape index (κ1) is 33.0. The Kier molecular flexibility index (Phi) is 11.2. The molecule has 242 valence electrons. The first-order chi connectivity index (χ1) is 21.8. The van der Waals surface area contributed by atoms with Gasteiger partial charge in [0.15, 0.2) is 0 Å². The van der Waals surface area contributed by atoms with E-state index < -0.39 is 21.9 Å². The van der Waals surface area contributed by atoms with Crippen LogP contribution in [0, 0.1) is 13.8 Å². The molecule has 12 nitrogen and oxygen atoms in total. The summed E-state index contributed by atoms with van der Waals surface area (Å²) in [5.74, 6) is 1.33. The van der Waals surface area contributed by atoms with Gasteiger partial charge in [-0.2, -0.15) is 0 Å². The SMILES string of the molecule is COc1ccc2c(nc(S(=O)Cc3ncc(C)c(OC)c3C)n2-c2ccccc2OCCOCCN2CCOCC2)c1S(=O)[O-]. The van der Waals surface area contributed by atoms with Crippen molar-refractivity contribution in [1.29, 1.82) is 0 Å². The normalized spacial score (nSPS) is 15.2. The smallest absolute Gasteiger partial charge is 0.205 e. The Hall–Kier alpha value is -3.40. The third-order valence-electron chi connectivity index (χ3n) is 7.57. The number of aromatic nitrogens is 3. The molecule has 2 atom stereocenters. The number of benzene rings is 2. The van der Waals surface area contributed by atoms with Crippen LogP contribution < -0.4 is 14.2 Å². The summed E-state index contributed by atoms with van der Waals surface area (Å²) >= 11 is -2.68. The maximum atomic E-state index is 14.1. The van der Waals surface area contributed by atoms with Crippen molar-refractivity contribution in [2.75, 3.05) is 66.9 Å². The highest BCUT2D eigenvalue weighted by Crippen LogP contribution is 2.36. The second kappa shape index (κ2) is 15.3. The third-order valence-corrected chi connectivity index (χ3v) is 9.51. The summed E-state index contributed by atoms with van der Waals surface area (Å²) in [6.45, 7) is 9.09. The molecule has 4 aromatic rings. The lowest BCUT2D eigenvalue weighted by atomic mass is 10.1. The molecule has 3 heterocycles. The monoisotopic (exact) mass is 657 g/mol. The van der Waals surface area contributed by atoms with Gasteiger partial charge in [0.1, 0.15) is 29.4 Å². The molecule has 1 fully saturated rings. The van der Waals surface area contributed by atoms with Crippen molar-refractivity contribution in [3.63, 3.8) is 0 Å². The van der Waals surface area contributed by atoms with Crippen LogP contribution in [-0.4, -0.2) is 99.3 Å². The molecule has 0 bridgehead atoms. The Bertz CT molecular complexity index is 1690. The molecule has 45 heavy (non-hydrogen) atoms. The molecule has 2 aromatic carbocycles. The van der Waals surface area contributed by atoms with Gasteiger partial charge < -0.3 is 28.2 Å². The summed E-state index contributed by atoms with van der Waals surface area (Å²) in [7, 11) is 1.21. The number of nitrogens with zero attached hydrogens (tertiary/aromatic N) is 4. The maximum absolute atomic E-state index is 14.1. The molecule has 0 amide bonds. The Morgan fingerprint density at radius 2 is 1.76 bits per heavy atom. The third kappa shape index (κ3) is 7.37. The average Bonchev–Trinajstić information content (AvgIpc) is 3.44. The van der Waals surface area contributed by atoms with Crippen LogP contribution in [0.1, 0.15) is 16.8 Å². The van der Waals surface area contributed by atoms with E-state index in [-0.39, 0.29) is 33.7 Å². The topological polar surface area (TPSA) is 137 Å². The second-order valence-electron chi connectivity index (χ2n) is 10.3. The van der Waals surface area contributed by atoms with Crippen molar-refractivity contribution in [3.05, 3.63) is 59.4 Å². The highest BCUT2D eigenvalue weighted by molar-refractivity contribution is 7.84. The molecule has 14 heteroatoms. The van der Waals surface area contributed by atoms with Crippen molar-refractivity contribution in [2.24, 2.45) is 0 Å². The van der Waals surface area contributed by atoms with Crippen molar-refractivity contribution < 1.29 is 36.7 Å². The molecule has 0 spiro atoms. The van der Waals surface area contributed by atoms with Crippen LogP contribution in [0.3, 0.4) is 0 Å². The van der Waals surface area contributed by atoms with E-state index in [1.165, 1.54) is 7.11 Å². The first-order valence-corrected chi connectivity index (χ1v) is 16.9. The van der Waals surface area contributed by atoms with E-state index in [4.69, 9.17) is 23.7 Å². The number of para-hydroxylation sites is 2. The average molecular weight is 658 g/mol. The lowest BCUT2D eigenvalue weighted by Gasteiger charge is -2.26. The zero-order chi connectivity index (χ0) is 31.9. The molecule has 5 rings (SSSR count). The summed E-state index contributed by atoms with van der Waals surface area (Å²) < 4.78 is 68.8. The molecule has 0 N–H and O–H groups in total. The summed E-state index contributed by atoms with van der Waals surface area (Å²) in [4.78, 5) is 11.3. The largest absolute Gasteiger partial charge is 0.768 e. The number of fused-ring (bicyclic) bond motifs is 1. The molecule has 0 aliphatic carbocycles. The fourth-order valence-corrected chi connectivity index (χ4v) is 7.17. The first-order valence-electron chi connectivity index (χ1n) is 14.5. The van der Waals surface area contributed by atoms with E-state index in [1.54, 1.807) is 36.1 Å². The zero-order valence-electron chi connectivity index (χ0n) is 25.8. The molecule has 0 saturated carbocycles. The number of morpholine rings is 1. The van der Waals surface area contributed by atoms with Gasteiger partial charge in [0.2, 0.25) is 5.16 Å². The highest BCUT2D eigenvalue weighted by atomic mass is 32.2. The molecule has 1 aliphatic rings. The highest BCUT2D eigenvalue weighted by Gasteiger charge is 2.25. The second-order valence-corrected chi connectivity index (χ2v) is 12.6. The molecule has 1 saturated heterocycles. The van der Waals surface area contributed by atoms with Crippen LogP contribution in [0.15, 0.2) is 52.6 Å². The minimum atomic E-state index is -2.68. The van der Waals surface area contributed by atoms with Crippen LogP contribution in [0.2, 0.25) is 0 Å². The summed E-state index contributed by atoms with van der Waals surface area (Å²) in [6, 6.07) is 10.5. The van der Waals surface area contributed by atoms with Crippen LogP contribution >= 0.6 is 0 Å². The lowest BCUT2D eigenvalue weighted by Crippen LogP contribution is -2.38. The number of hydrogen-bond acceptors (Lipinski definition) is 11. The number of ether oxygens (including phenoxy) is 5. The molecular weight excluding hydrogens is 620 g/mol. The number of methoxy groups -OCH3 is 2. The Balaban J connectivity index is 1.47. The number of pyridine rings is 1. The van der Waals surface area contributed by atoms with Gasteiger partial charge in [0.05, 0.1) is 79.0 Å². The van der Waals surface area contributed by atoms with Crippen molar-refractivity contribution in [1.82, 2.24) is 19.4 Å². The summed E-state index contributed by atoms with van der Waals surface area (Å²) in [6.07, 6.45) is 1.68. The van der Waals surface area contributed by atoms with Crippen molar-refractivity contribution in [2.45, 2.75) is 29.7 Å². The van der Waals surface area contributed by atoms with Crippen molar-refractivity contribution in [3.8, 4) is 22.9 Å². The van der Waals surface area contributed by atoms with E-state index in [0.717, 1.165) is 44.0 Å². The van der Waals surface area contributed by atoms with E-state index >= 15 is 0 Å². The van der Waals surface area contributed by atoms with Gasteiger partial charge in [-0.05, 0) is 49.2 Å². The fraction of sp³-hybridized carbons (Fsp3) is 0.419. The van der Waals surface area contributed by atoms with Crippen LogP contribution in [0.4, 0.5) is 0 Å². The van der Waals surface area contributed by atoms with Gasteiger partial charge >= 0.3 is 0 Å². The molecule has 2 unspecified atom stereocenters. The van der Waals surface area contributed by atoms with E-state index in [2.05, 4.69) is 14.9 Å². The summed E-state index contributed by atoms with van der Waals surface area (Å²) in [5, 5.41) is 0.142. The van der Waals surface area contributed by atoms with Crippen LogP contribution in [0.25, 0.3) is 16.7 Å². The van der Waals surface area contributed by atoms with Gasteiger partial charge in [-0.1, -0.05) is 12.1 Å². The van der Waals surface area contributed by atoms with E-state index in [1.807, 2.05) is 32.0 Å². The van der Waals surface area contributed by atoms with Gasteiger partial charge in [-0.25, -0.2) is 4.98 Å². The van der Waals surface area contributed by atoms with Crippen LogP contribution in [-0.2, 0) is 37.1 Å². The molecule has 2 aromatic heterocycles. The molecule has 1 aliphatic heterocycles. The number of hydrogen-bond donors (Lipinski definition) is 0. The number of rotatable bonds is 14. The number of imidazole rings is 1. The van der Waals surface area contributed by atoms with Gasteiger partial charge in [-0.3, -0.25) is 22.9 Å². The lowest BCUT2D eigenvalue weighted by molar-refractivity contribution is 0.0170. The maximum Gasteiger partial charge on any atom is 0.205 e. The molecular formula is C31H37N4O8S2-. The fourth-order valence-electron chi connectivity index (χ4n) is 5.29. The summed E-state index contributed by atoms with van der Waals surface area (Å²) in [5.41, 5.74) is 3.34.